The van der Waals surface area contributed by atoms with Gasteiger partial charge in [-0.25, -0.2) is 4.68 Å². The quantitative estimate of drug-likeness (QED) is 0.873. The third kappa shape index (κ3) is 4.19. The second-order valence-corrected chi connectivity index (χ2v) is 5.19. The number of nitrogens with zero attached hydrogens (tertiary/aromatic N) is 3. The maximum Gasteiger partial charge on any atom is 0.268 e. The predicted molar refractivity (Wildman–Crippen MR) is 79.8 cm³/mol. The van der Waals surface area contributed by atoms with Gasteiger partial charge in [-0.15, -0.1) is 0 Å². The van der Waals surface area contributed by atoms with Crippen molar-refractivity contribution in [2.24, 2.45) is 5.92 Å². The van der Waals surface area contributed by atoms with Crippen LogP contribution in [-0.4, -0.2) is 21.3 Å². The zero-order chi connectivity index (χ0) is 14.4. The molecule has 2 aromatic heterocycles. The van der Waals surface area contributed by atoms with Gasteiger partial charge in [-0.05, 0) is 24.0 Å². The highest BCUT2D eigenvalue weighted by Gasteiger charge is 2.01. The molecule has 2 heterocycles. The first-order valence-corrected chi connectivity index (χ1v) is 6.85. The minimum Gasteiger partial charge on any atom is -0.383 e. The van der Waals surface area contributed by atoms with E-state index in [0.29, 0.717) is 12.5 Å². The van der Waals surface area contributed by atoms with E-state index in [1.807, 2.05) is 18.3 Å². The molecule has 20 heavy (non-hydrogen) atoms. The molecule has 1 N–H and O–H groups in total. The molecular formula is C15H20N4O. The van der Waals surface area contributed by atoms with E-state index in [1.54, 1.807) is 18.5 Å². The van der Waals surface area contributed by atoms with Gasteiger partial charge in [0.2, 0.25) is 0 Å². The van der Waals surface area contributed by atoms with Gasteiger partial charge in [0.25, 0.3) is 5.56 Å². The largest absolute Gasteiger partial charge is 0.383 e. The maximum absolute atomic E-state index is 12.0. The Labute approximate surface area is 118 Å². The molecule has 0 aliphatic rings. The summed E-state index contributed by atoms with van der Waals surface area (Å²) in [6.45, 7) is 5.64. The second kappa shape index (κ2) is 6.84. The highest BCUT2D eigenvalue weighted by atomic mass is 16.1. The van der Waals surface area contributed by atoms with E-state index in [1.165, 1.54) is 4.68 Å². The number of aromatic nitrogens is 3. The molecule has 2 rings (SSSR count). The lowest BCUT2D eigenvalue weighted by Gasteiger charge is -2.09. The van der Waals surface area contributed by atoms with E-state index in [-0.39, 0.29) is 5.56 Å². The Morgan fingerprint density at radius 2 is 2.20 bits per heavy atom. The SMILES string of the molecule is CC(C)CNc1cnn(CCc2cccnc2)c(=O)c1. The number of pyridine rings is 1. The fraction of sp³-hybridized carbons (Fsp3) is 0.400. The fourth-order valence-corrected chi connectivity index (χ4v) is 1.80. The summed E-state index contributed by atoms with van der Waals surface area (Å²) in [6, 6.07) is 5.49. The Morgan fingerprint density at radius 1 is 1.35 bits per heavy atom. The Balaban J connectivity index is 1.97. The number of nitrogens with one attached hydrogen (secondary N) is 1. The molecule has 0 fully saturated rings. The van der Waals surface area contributed by atoms with Crippen LogP contribution in [0.1, 0.15) is 19.4 Å². The molecule has 5 heteroatoms. The first-order valence-electron chi connectivity index (χ1n) is 6.85. The van der Waals surface area contributed by atoms with Crippen molar-refractivity contribution in [1.82, 2.24) is 14.8 Å². The van der Waals surface area contributed by atoms with Crippen molar-refractivity contribution in [3.63, 3.8) is 0 Å². The average Bonchev–Trinajstić information content (AvgIpc) is 2.45. The van der Waals surface area contributed by atoms with Crippen molar-refractivity contribution in [2.75, 3.05) is 11.9 Å². The van der Waals surface area contributed by atoms with Crippen LogP contribution in [0.3, 0.4) is 0 Å². The van der Waals surface area contributed by atoms with Crippen LogP contribution in [0.25, 0.3) is 0 Å². The van der Waals surface area contributed by atoms with Crippen molar-refractivity contribution in [1.29, 1.82) is 0 Å². The van der Waals surface area contributed by atoms with Crippen molar-refractivity contribution >= 4 is 5.69 Å². The summed E-state index contributed by atoms with van der Waals surface area (Å²) < 4.78 is 1.48. The second-order valence-electron chi connectivity index (χ2n) is 5.19. The van der Waals surface area contributed by atoms with Gasteiger partial charge in [0.05, 0.1) is 11.9 Å². The Hall–Kier alpha value is -2.17. The monoisotopic (exact) mass is 272 g/mol. The molecule has 0 saturated carbocycles. The van der Waals surface area contributed by atoms with Gasteiger partial charge in [-0.1, -0.05) is 19.9 Å². The number of hydrogen-bond acceptors (Lipinski definition) is 4. The van der Waals surface area contributed by atoms with E-state index in [4.69, 9.17) is 0 Å². The highest BCUT2D eigenvalue weighted by molar-refractivity contribution is 5.38. The Kier molecular flexibility index (Phi) is 4.87. The molecule has 0 atom stereocenters. The van der Waals surface area contributed by atoms with E-state index in [0.717, 1.165) is 24.2 Å². The van der Waals surface area contributed by atoms with E-state index >= 15 is 0 Å². The Morgan fingerprint density at radius 3 is 2.85 bits per heavy atom. The zero-order valence-electron chi connectivity index (χ0n) is 11.9. The molecule has 0 aliphatic carbocycles. The van der Waals surface area contributed by atoms with Crippen molar-refractivity contribution in [3.05, 3.63) is 52.7 Å². The molecule has 0 aliphatic heterocycles. The number of anilines is 1. The van der Waals surface area contributed by atoms with Crippen molar-refractivity contribution < 1.29 is 0 Å². The van der Waals surface area contributed by atoms with Gasteiger partial charge in [-0.2, -0.15) is 5.10 Å². The van der Waals surface area contributed by atoms with Gasteiger partial charge in [0.1, 0.15) is 0 Å². The first kappa shape index (κ1) is 14.2. The minimum absolute atomic E-state index is 0.0809. The normalized spacial score (nSPS) is 10.8. The Bertz CT molecular complexity index is 592. The van der Waals surface area contributed by atoms with Gasteiger partial charge in [-0.3, -0.25) is 9.78 Å². The van der Waals surface area contributed by atoms with Crippen LogP contribution in [-0.2, 0) is 13.0 Å². The lowest BCUT2D eigenvalue weighted by molar-refractivity contribution is 0.577. The third-order valence-corrected chi connectivity index (χ3v) is 2.92. The molecule has 0 amide bonds. The molecule has 0 radical (unpaired) electrons. The molecule has 0 aromatic carbocycles. The number of rotatable bonds is 6. The van der Waals surface area contributed by atoms with Gasteiger partial charge in [0.15, 0.2) is 0 Å². The average molecular weight is 272 g/mol. The van der Waals surface area contributed by atoms with Crippen LogP contribution in [0, 0.1) is 5.92 Å². The van der Waals surface area contributed by atoms with Gasteiger partial charge >= 0.3 is 0 Å². The van der Waals surface area contributed by atoms with Gasteiger partial charge < -0.3 is 5.32 Å². The van der Waals surface area contributed by atoms with Crippen molar-refractivity contribution in [2.45, 2.75) is 26.8 Å². The van der Waals surface area contributed by atoms with Gasteiger partial charge in [0, 0.05) is 31.5 Å². The lowest BCUT2D eigenvalue weighted by atomic mass is 10.2. The van der Waals surface area contributed by atoms with E-state index in [2.05, 4.69) is 29.2 Å². The molecule has 0 bridgehead atoms. The summed E-state index contributed by atoms with van der Waals surface area (Å²) >= 11 is 0. The summed E-state index contributed by atoms with van der Waals surface area (Å²) in [6.07, 6.45) is 6.00. The molecule has 0 unspecified atom stereocenters. The number of hydrogen-bond donors (Lipinski definition) is 1. The van der Waals surface area contributed by atoms with Crippen LogP contribution in [0.2, 0.25) is 0 Å². The summed E-state index contributed by atoms with van der Waals surface area (Å²) in [5.74, 6) is 0.531. The van der Waals surface area contributed by atoms with Crippen LogP contribution in [0.15, 0.2) is 41.6 Å². The van der Waals surface area contributed by atoms with Crippen molar-refractivity contribution in [3.8, 4) is 0 Å². The standard InChI is InChI=1S/C15H20N4O/c1-12(2)9-17-14-8-15(20)19(18-11-14)7-5-13-4-3-6-16-10-13/h3-4,6,8,10-12,17H,5,7,9H2,1-2H3. The number of aryl methyl sites for hydroxylation is 2. The summed E-state index contributed by atoms with van der Waals surface area (Å²) in [7, 11) is 0. The lowest BCUT2D eigenvalue weighted by Crippen LogP contribution is -2.24. The van der Waals surface area contributed by atoms with E-state index < -0.39 is 0 Å². The van der Waals surface area contributed by atoms with Crippen LogP contribution in [0.5, 0.6) is 0 Å². The van der Waals surface area contributed by atoms with Crippen LogP contribution >= 0.6 is 0 Å². The molecule has 5 nitrogen and oxygen atoms in total. The molecule has 2 aromatic rings. The predicted octanol–water partition coefficient (Wildman–Crippen LogP) is 1.95. The fourth-order valence-electron chi connectivity index (χ4n) is 1.80. The minimum atomic E-state index is -0.0809. The summed E-state index contributed by atoms with van der Waals surface area (Å²) in [4.78, 5) is 16.0. The smallest absolute Gasteiger partial charge is 0.268 e. The van der Waals surface area contributed by atoms with E-state index in [9.17, 15) is 4.79 Å². The highest BCUT2D eigenvalue weighted by Crippen LogP contribution is 2.03. The van der Waals surface area contributed by atoms with Crippen LogP contribution in [0.4, 0.5) is 5.69 Å². The maximum atomic E-state index is 12.0. The first-order chi connectivity index (χ1) is 9.65. The molecule has 0 saturated heterocycles. The molecular weight excluding hydrogens is 252 g/mol. The summed E-state index contributed by atoms with van der Waals surface area (Å²) in [5.41, 5.74) is 1.80. The molecule has 0 spiro atoms. The zero-order valence-corrected chi connectivity index (χ0v) is 11.9. The topological polar surface area (TPSA) is 59.8 Å². The van der Waals surface area contributed by atoms with Crippen LogP contribution < -0.4 is 10.9 Å². The third-order valence-electron chi connectivity index (χ3n) is 2.92. The summed E-state index contributed by atoms with van der Waals surface area (Å²) in [5, 5.41) is 7.39. The molecule has 106 valence electrons.